The van der Waals surface area contributed by atoms with Crippen LogP contribution in [0.3, 0.4) is 0 Å². The Morgan fingerprint density at radius 1 is 1.24 bits per heavy atom. The fourth-order valence-corrected chi connectivity index (χ4v) is 4.99. The van der Waals surface area contributed by atoms with Crippen LogP contribution in [0.2, 0.25) is 10.0 Å². The fraction of sp³-hybridized carbons (Fsp3) is 0.136. The smallest absolute Gasteiger partial charge is 0.338 e. The van der Waals surface area contributed by atoms with Gasteiger partial charge in [-0.15, -0.1) is 0 Å². The summed E-state index contributed by atoms with van der Waals surface area (Å²) in [4.78, 5) is 41.5. The Morgan fingerprint density at radius 2 is 1.94 bits per heavy atom. The van der Waals surface area contributed by atoms with Gasteiger partial charge in [-0.1, -0.05) is 46.7 Å². The molecule has 8 nitrogen and oxygen atoms in total. The van der Waals surface area contributed by atoms with Crippen molar-refractivity contribution in [3.05, 3.63) is 105 Å². The molecule has 0 aliphatic carbocycles. The third kappa shape index (κ3) is 4.22. The van der Waals surface area contributed by atoms with E-state index >= 15 is 0 Å². The fourth-order valence-electron chi connectivity index (χ4n) is 3.56. The van der Waals surface area contributed by atoms with Crippen LogP contribution in [-0.2, 0) is 9.53 Å². The number of hydrogen-bond acceptors (Lipinski definition) is 7. The molecule has 168 valence electrons. The molecule has 1 aliphatic rings. The summed E-state index contributed by atoms with van der Waals surface area (Å²) in [5, 5.41) is 11.6. The Hall–Kier alpha value is -3.27. The van der Waals surface area contributed by atoms with Gasteiger partial charge in [-0.05, 0) is 48.4 Å². The molecule has 1 unspecified atom stereocenters. The zero-order valence-electron chi connectivity index (χ0n) is 17.2. The van der Waals surface area contributed by atoms with E-state index in [1.165, 1.54) is 29.9 Å². The zero-order valence-corrected chi connectivity index (χ0v) is 19.6. The monoisotopic (exact) mass is 503 g/mol. The summed E-state index contributed by atoms with van der Waals surface area (Å²) in [6.45, 7) is 1.64. The highest BCUT2D eigenvalue weighted by molar-refractivity contribution is 7.07. The summed E-state index contributed by atoms with van der Waals surface area (Å²) < 4.78 is 6.72. The normalized spacial score (nSPS) is 15.8. The molecule has 4 rings (SSSR count). The lowest BCUT2D eigenvalue weighted by Gasteiger charge is -2.24. The van der Waals surface area contributed by atoms with Crippen molar-refractivity contribution < 1.29 is 14.5 Å². The minimum Gasteiger partial charge on any atom is -0.466 e. The second-order valence-corrected chi connectivity index (χ2v) is 8.95. The molecular formula is C22H15Cl2N3O5S. The van der Waals surface area contributed by atoms with Crippen molar-refractivity contribution in [1.29, 1.82) is 0 Å². The molecule has 3 aromatic rings. The molecule has 1 aromatic heterocycles. The van der Waals surface area contributed by atoms with Gasteiger partial charge in [-0.3, -0.25) is 19.5 Å². The largest absolute Gasteiger partial charge is 0.466 e. The van der Waals surface area contributed by atoms with Crippen LogP contribution in [0.15, 0.2) is 63.5 Å². The molecule has 1 atom stereocenters. The van der Waals surface area contributed by atoms with Crippen LogP contribution in [0, 0.1) is 10.1 Å². The van der Waals surface area contributed by atoms with Crippen LogP contribution < -0.4 is 14.9 Å². The second-order valence-electron chi connectivity index (χ2n) is 7.09. The minimum atomic E-state index is -0.917. The predicted octanol–water partition coefficient (Wildman–Crippen LogP) is 3.62. The second kappa shape index (κ2) is 8.93. The van der Waals surface area contributed by atoms with E-state index in [1.807, 2.05) is 0 Å². The molecule has 0 fully saturated rings. The van der Waals surface area contributed by atoms with Crippen molar-refractivity contribution in [3.63, 3.8) is 0 Å². The van der Waals surface area contributed by atoms with Gasteiger partial charge in [0.05, 0.1) is 33.9 Å². The van der Waals surface area contributed by atoms with Gasteiger partial charge in [-0.2, -0.15) is 0 Å². The molecule has 2 aromatic carbocycles. The lowest BCUT2D eigenvalue weighted by Crippen LogP contribution is -2.39. The summed E-state index contributed by atoms with van der Waals surface area (Å²) in [6, 6.07) is 10.1. The van der Waals surface area contributed by atoms with Crippen molar-refractivity contribution in [2.24, 2.45) is 4.99 Å². The quantitative estimate of drug-likeness (QED) is 0.307. The highest BCUT2D eigenvalue weighted by atomic mass is 35.5. The third-order valence-electron chi connectivity index (χ3n) is 5.08. The van der Waals surface area contributed by atoms with Crippen molar-refractivity contribution in [1.82, 2.24) is 4.57 Å². The van der Waals surface area contributed by atoms with Crippen LogP contribution in [0.25, 0.3) is 6.08 Å². The van der Waals surface area contributed by atoms with Gasteiger partial charge in [0.1, 0.15) is 5.02 Å². The molecule has 33 heavy (non-hydrogen) atoms. The number of esters is 1. The molecule has 0 spiro atoms. The molecule has 0 radical (unpaired) electrons. The number of nitro benzene ring substituents is 1. The van der Waals surface area contributed by atoms with Crippen LogP contribution >= 0.6 is 34.5 Å². The van der Waals surface area contributed by atoms with E-state index in [4.69, 9.17) is 27.9 Å². The number of hydrogen-bond donors (Lipinski definition) is 0. The van der Waals surface area contributed by atoms with Crippen molar-refractivity contribution >= 4 is 52.3 Å². The average molecular weight is 504 g/mol. The summed E-state index contributed by atoms with van der Waals surface area (Å²) >= 11 is 13.2. The van der Waals surface area contributed by atoms with Gasteiger partial charge in [0.2, 0.25) is 0 Å². The first kappa shape index (κ1) is 22.9. The number of allylic oxidation sites excluding steroid dienone is 1. The molecule has 0 amide bonds. The number of ether oxygens (including phenoxy) is 1. The SMILES string of the molecule is COC(=O)C1=C(C)N=c2s/c(=C\c3ccc(Cl)cc3)c(=O)n2C1c1ccc([N+](=O)[O-])c(Cl)c1. The topological polar surface area (TPSA) is 104 Å². The summed E-state index contributed by atoms with van der Waals surface area (Å²) in [5.74, 6) is -0.664. The van der Waals surface area contributed by atoms with Crippen LogP contribution in [0.4, 0.5) is 5.69 Å². The van der Waals surface area contributed by atoms with Crippen molar-refractivity contribution in [2.45, 2.75) is 13.0 Å². The van der Waals surface area contributed by atoms with Gasteiger partial charge >= 0.3 is 5.97 Å². The Balaban J connectivity index is 1.97. The maximum Gasteiger partial charge on any atom is 0.338 e. The van der Waals surface area contributed by atoms with E-state index in [2.05, 4.69) is 4.99 Å². The van der Waals surface area contributed by atoms with E-state index in [9.17, 15) is 19.7 Å². The number of rotatable bonds is 4. The van der Waals surface area contributed by atoms with Gasteiger partial charge in [0.15, 0.2) is 4.80 Å². The zero-order chi connectivity index (χ0) is 23.9. The van der Waals surface area contributed by atoms with Crippen LogP contribution in [-0.4, -0.2) is 22.6 Å². The number of carbonyl (C=O) groups is 1. The number of aromatic nitrogens is 1. The van der Waals surface area contributed by atoms with E-state index in [0.29, 0.717) is 25.6 Å². The Kier molecular flexibility index (Phi) is 6.20. The standard InChI is InChI=1S/C22H15Cl2N3O5S/c1-11-18(21(29)32-2)19(13-5-8-16(27(30)31)15(24)10-13)26-20(28)17(33-22(26)25-11)9-12-3-6-14(23)7-4-12/h3-10,19H,1-2H3/b17-9-. The maximum absolute atomic E-state index is 13.4. The van der Waals surface area contributed by atoms with Gasteiger partial charge in [0.25, 0.3) is 11.2 Å². The van der Waals surface area contributed by atoms with Crippen molar-refractivity contribution in [3.8, 4) is 0 Å². The number of methoxy groups -OCH3 is 1. The van der Waals surface area contributed by atoms with Crippen LogP contribution in [0.5, 0.6) is 0 Å². The lowest BCUT2D eigenvalue weighted by molar-refractivity contribution is -0.384. The molecule has 11 heteroatoms. The first-order chi connectivity index (χ1) is 15.7. The average Bonchev–Trinajstić information content (AvgIpc) is 3.08. The lowest BCUT2D eigenvalue weighted by atomic mass is 9.95. The van der Waals surface area contributed by atoms with Gasteiger partial charge < -0.3 is 4.74 Å². The van der Waals surface area contributed by atoms with Crippen molar-refractivity contribution in [2.75, 3.05) is 7.11 Å². The highest BCUT2D eigenvalue weighted by Gasteiger charge is 2.33. The Morgan fingerprint density at radius 3 is 2.55 bits per heavy atom. The van der Waals surface area contributed by atoms with Gasteiger partial charge in [-0.25, -0.2) is 9.79 Å². The molecular weight excluding hydrogens is 489 g/mol. The number of nitro groups is 1. The first-order valence-corrected chi connectivity index (χ1v) is 11.1. The molecule has 0 N–H and O–H groups in total. The maximum atomic E-state index is 13.4. The first-order valence-electron chi connectivity index (χ1n) is 9.51. The Labute approximate surface area is 200 Å². The molecule has 0 bridgehead atoms. The summed E-state index contributed by atoms with van der Waals surface area (Å²) in [5.41, 5.74) is 1.05. The molecule has 2 heterocycles. The Bertz CT molecular complexity index is 1510. The highest BCUT2D eigenvalue weighted by Crippen LogP contribution is 2.34. The predicted molar refractivity (Wildman–Crippen MR) is 125 cm³/mol. The summed E-state index contributed by atoms with van der Waals surface area (Å²) in [6.07, 6.45) is 1.71. The number of halogens is 2. The third-order valence-corrected chi connectivity index (χ3v) is 6.62. The number of benzene rings is 2. The number of thiazole rings is 1. The number of fused-ring (bicyclic) bond motifs is 1. The van der Waals surface area contributed by atoms with E-state index < -0.39 is 16.9 Å². The number of carbonyl (C=O) groups excluding carboxylic acids is 1. The summed E-state index contributed by atoms with van der Waals surface area (Å²) in [7, 11) is 1.23. The molecule has 0 saturated heterocycles. The van der Waals surface area contributed by atoms with Gasteiger partial charge in [0, 0.05) is 11.1 Å². The van der Waals surface area contributed by atoms with E-state index in [-0.39, 0.29) is 21.8 Å². The van der Waals surface area contributed by atoms with Crippen LogP contribution in [0.1, 0.15) is 24.1 Å². The number of nitrogens with zero attached hydrogens (tertiary/aromatic N) is 3. The minimum absolute atomic E-state index is 0.111. The molecule has 1 aliphatic heterocycles. The molecule has 0 saturated carbocycles. The van der Waals surface area contributed by atoms with E-state index in [0.717, 1.165) is 16.9 Å². The van der Waals surface area contributed by atoms with E-state index in [1.54, 1.807) is 37.3 Å².